The molecule has 2 atom stereocenters. The first kappa shape index (κ1) is 18.3. The van der Waals surface area contributed by atoms with E-state index in [1.807, 2.05) is 0 Å². The molecular formula is C16H20F3N3O2. The van der Waals surface area contributed by atoms with E-state index in [0.717, 1.165) is 31.5 Å². The fourth-order valence-corrected chi connectivity index (χ4v) is 2.77. The van der Waals surface area contributed by atoms with Crippen molar-refractivity contribution < 1.29 is 22.8 Å². The van der Waals surface area contributed by atoms with Gasteiger partial charge in [-0.05, 0) is 44.0 Å². The third-order valence-corrected chi connectivity index (χ3v) is 4.24. The molecule has 0 radical (unpaired) electrons. The summed E-state index contributed by atoms with van der Waals surface area (Å²) in [5.74, 6) is -1.36. The predicted octanol–water partition coefficient (Wildman–Crippen LogP) is 1.66. The van der Waals surface area contributed by atoms with Gasteiger partial charge in [0.05, 0.1) is 5.56 Å². The minimum atomic E-state index is -4.55. The number of nitrogens with two attached hydrogens (primary N) is 1. The van der Waals surface area contributed by atoms with Crippen LogP contribution in [0.15, 0.2) is 24.3 Å². The van der Waals surface area contributed by atoms with Gasteiger partial charge in [0.25, 0.3) is 0 Å². The SMILES string of the molecule is CC(NC(=O)CC1CCCN1)(C(N)=O)c1cccc(C(F)(F)F)c1. The Morgan fingerprint density at radius 2 is 2.00 bits per heavy atom. The van der Waals surface area contributed by atoms with Gasteiger partial charge in [-0.3, -0.25) is 9.59 Å². The van der Waals surface area contributed by atoms with Crippen LogP contribution in [0.25, 0.3) is 0 Å². The molecule has 4 N–H and O–H groups in total. The van der Waals surface area contributed by atoms with E-state index in [4.69, 9.17) is 5.73 Å². The van der Waals surface area contributed by atoms with Gasteiger partial charge in [-0.15, -0.1) is 0 Å². The van der Waals surface area contributed by atoms with Crippen molar-refractivity contribution in [1.82, 2.24) is 10.6 Å². The van der Waals surface area contributed by atoms with Crippen LogP contribution < -0.4 is 16.4 Å². The number of carbonyl (C=O) groups is 2. The normalized spacial score (nSPS) is 20.4. The average molecular weight is 343 g/mol. The highest BCUT2D eigenvalue weighted by Gasteiger charge is 2.38. The van der Waals surface area contributed by atoms with Crippen LogP contribution in [0.4, 0.5) is 13.2 Å². The van der Waals surface area contributed by atoms with E-state index >= 15 is 0 Å². The molecule has 0 aromatic heterocycles. The first-order chi connectivity index (χ1) is 11.1. The van der Waals surface area contributed by atoms with E-state index in [1.165, 1.54) is 19.1 Å². The van der Waals surface area contributed by atoms with Crippen molar-refractivity contribution in [2.45, 2.75) is 43.9 Å². The lowest BCUT2D eigenvalue weighted by molar-refractivity contribution is -0.138. The maximum Gasteiger partial charge on any atom is 0.416 e. The fraction of sp³-hybridized carbons (Fsp3) is 0.500. The third kappa shape index (κ3) is 4.05. The zero-order chi connectivity index (χ0) is 18.0. The lowest BCUT2D eigenvalue weighted by atomic mass is 9.89. The Kier molecular flexibility index (Phi) is 5.17. The Morgan fingerprint density at radius 1 is 1.33 bits per heavy atom. The molecule has 1 fully saturated rings. The van der Waals surface area contributed by atoms with E-state index in [0.29, 0.717) is 0 Å². The lowest BCUT2D eigenvalue weighted by Gasteiger charge is -2.29. The van der Waals surface area contributed by atoms with Gasteiger partial charge in [-0.2, -0.15) is 13.2 Å². The second-order valence-corrected chi connectivity index (χ2v) is 6.11. The summed E-state index contributed by atoms with van der Waals surface area (Å²) in [7, 11) is 0. The fourth-order valence-electron chi connectivity index (χ4n) is 2.77. The maximum absolute atomic E-state index is 12.9. The second-order valence-electron chi connectivity index (χ2n) is 6.11. The molecule has 8 heteroatoms. The van der Waals surface area contributed by atoms with Gasteiger partial charge in [0.2, 0.25) is 11.8 Å². The van der Waals surface area contributed by atoms with E-state index in [-0.39, 0.29) is 18.0 Å². The third-order valence-electron chi connectivity index (χ3n) is 4.24. The quantitative estimate of drug-likeness (QED) is 0.760. The molecule has 0 bridgehead atoms. The lowest BCUT2D eigenvalue weighted by Crippen LogP contribution is -2.53. The Morgan fingerprint density at radius 3 is 2.54 bits per heavy atom. The highest BCUT2D eigenvalue weighted by Crippen LogP contribution is 2.32. The van der Waals surface area contributed by atoms with Crippen molar-refractivity contribution in [3.63, 3.8) is 0 Å². The standard InChI is InChI=1S/C16H20F3N3O2/c1-15(14(20)24,22-13(23)9-12-6-3-7-21-12)10-4-2-5-11(8-10)16(17,18)19/h2,4-5,8,12,21H,3,6-7,9H2,1H3,(H2,20,24)(H,22,23). The van der Waals surface area contributed by atoms with Crippen LogP contribution in [0.5, 0.6) is 0 Å². The van der Waals surface area contributed by atoms with Gasteiger partial charge >= 0.3 is 6.18 Å². The molecule has 132 valence electrons. The van der Waals surface area contributed by atoms with Gasteiger partial charge in [0.15, 0.2) is 0 Å². The van der Waals surface area contributed by atoms with Crippen LogP contribution in [0.1, 0.15) is 37.3 Å². The first-order valence-electron chi connectivity index (χ1n) is 7.65. The Hall–Kier alpha value is -2.09. The van der Waals surface area contributed by atoms with Gasteiger partial charge in [-0.1, -0.05) is 12.1 Å². The molecule has 1 aliphatic heterocycles. The summed E-state index contributed by atoms with van der Waals surface area (Å²) < 4.78 is 38.6. The summed E-state index contributed by atoms with van der Waals surface area (Å²) in [5, 5.41) is 5.64. The van der Waals surface area contributed by atoms with Crippen LogP contribution in [0.2, 0.25) is 0 Å². The van der Waals surface area contributed by atoms with Gasteiger partial charge in [0.1, 0.15) is 5.54 Å². The molecule has 1 saturated heterocycles. The summed E-state index contributed by atoms with van der Waals surface area (Å²) in [4.78, 5) is 24.1. The topological polar surface area (TPSA) is 84.2 Å². The Labute approximate surface area is 137 Å². The molecule has 24 heavy (non-hydrogen) atoms. The molecule has 1 heterocycles. The number of rotatable bonds is 5. The molecule has 0 saturated carbocycles. The smallest absolute Gasteiger partial charge is 0.367 e. The molecule has 2 rings (SSSR count). The van der Waals surface area contributed by atoms with Gasteiger partial charge in [-0.25, -0.2) is 0 Å². The number of carbonyl (C=O) groups excluding carboxylic acids is 2. The number of hydrogen-bond acceptors (Lipinski definition) is 3. The van der Waals surface area contributed by atoms with E-state index < -0.39 is 29.1 Å². The van der Waals surface area contributed by atoms with E-state index in [9.17, 15) is 22.8 Å². The van der Waals surface area contributed by atoms with Gasteiger partial charge in [0, 0.05) is 12.5 Å². The molecular weight excluding hydrogens is 323 g/mol. The highest BCUT2D eigenvalue weighted by molar-refractivity contribution is 5.91. The van der Waals surface area contributed by atoms with Crippen LogP contribution >= 0.6 is 0 Å². The van der Waals surface area contributed by atoms with Crippen molar-refractivity contribution in [2.75, 3.05) is 6.54 Å². The summed E-state index contributed by atoms with van der Waals surface area (Å²) >= 11 is 0. The molecule has 1 aliphatic rings. The summed E-state index contributed by atoms with van der Waals surface area (Å²) in [6.45, 7) is 2.13. The molecule has 1 aromatic carbocycles. The zero-order valence-corrected chi connectivity index (χ0v) is 13.2. The van der Waals surface area contributed by atoms with Crippen molar-refractivity contribution in [3.8, 4) is 0 Å². The van der Waals surface area contributed by atoms with E-state index in [2.05, 4.69) is 10.6 Å². The molecule has 1 aromatic rings. The first-order valence-corrected chi connectivity index (χ1v) is 7.65. The van der Waals surface area contributed by atoms with E-state index in [1.54, 1.807) is 0 Å². The number of benzene rings is 1. The monoisotopic (exact) mass is 343 g/mol. The molecule has 5 nitrogen and oxygen atoms in total. The number of amides is 2. The van der Waals surface area contributed by atoms with Crippen molar-refractivity contribution in [3.05, 3.63) is 35.4 Å². The molecule has 0 spiro atoms. The second kappa shape index (κ2) is 6.80. The van der Waals surface area contributed by atoms with Crippen LogP contribution in [-0.4, -0.2) is 24.4 Å². The van der Waals surface area contributed by atoms with Crippen LogP contribution in [-0.2, 0) is 21.3 Å². The minimum Gasteiger partial charge on any atom is -0.367 e. The zero-order valence-electron chi connectivity index (χ0n) is 13.2. The van der Waals surface area contributed by atoms with Crippen molar-refractivity contribution >= 4 is 11.8 Å². The molecule has 2 amide bonds. The summed E-state index contributed by atoms with van der Waals surface area (Å²) in [5.41, 5.74) is 2.75. The summed E-state index contributed by atoms with van der Waals surface area (Å²) in [6, 6.07) is 4.26. The highest BCUT2D eigenvalue weighted by atomic mass is 19.4. The minimum absolute atomic E-state index is 0.00226. The maximum atomic E-state index is 12.9. The van der Waals surface area contributed by atoms with Gasteiger partial charge < -0.3 is 16.4 Å². The number of alkyl halides is 3. The number of primary amides is 1. The average Bonchev–Trinajstić information content (AvgIpc) is 2.98. The van der Waals surface area contributed by atoms with Crippen molar-refractivity contribution in [1.29, 1.82) is 0 Å². The number of hydrogen-bond donors (Lipinski definition) is 3. The molecule has 2 unspecified atom stereocenters. The van der Waals surface area contributed by atoms with Crippen molar-refractivity contribution in [2.24, 2.45) is 5.73 Å². The predicted molar refractivity (Wildman–Crippen MR) is 81.8 cm³/mol. The largest absolute Gasteiger partial charge is 0.416 e. The Balaban J connectivity index is 2.23. The molecule has 0 aliphatic carbocycles. The van der Waals surface area contributed by atoms with Crippen LogP contribution in [0.3, 0.4) is 0 Å². The summed E-state index contributed by atoms with van der Waals surface area (Å²) in [6.07, 6.45) is -2.61. The number of nitrogens with one attached hydrogen (secondary N) is 2. The Bertz CT molecular complexity index is 627. The van der Waals surface area contributed by atoms with Crippen LogP contribution in [0, 0.1) is 0 Å². The number of halogens is 3.